The lowest BCUT2D eigenvalue weighted by Gasteiger charge is -2.14. The lowest BCUT2D eigenvalue weighted by Crippen LogP contribution is -2.07. The molecule has 0 fully saturated rings. The zero-order valence-electron chi connectivity index (χ0n) is 13.9. The van der Waals surface area contributed by atoms with Crippen LogP contribution in [0.3, 0.4) is 0 Å². The van der Waals surface area contributed by atoms with E-state index in [1.54, 1.807) is 20.4 Å². The zero-order chi connectivity index (χ0) is 16.6. The summed E-state index contributed by atoms with van der Waals surface area (Å²) in [7, 11) is -0.816. The highest BCUT2D eigenvalue weighted by Crippen LogP contribution is 2.40. The molecule has 1 aromatic carbocycles. The van der Waals surface area contributed by atoms with E-state index in [4.69, 9.17) is 4.74 Å². The number of pyridine rings is 1. The van der Waals surface area contributed by atoms with Crippen molar-refractivity contribution in [3.63, 3.8) is 0 Å². The Morgan fingerprint density at radius 1 is 1.22 bits per heavy atom. The number of aryl methyl sites for hydroxylation is 1. The van der Waals surface area contributed by atoms with Crippen LogP contribution in [0, 0.1) is 0 Å². The van der Waals surface area contributed by atoms with Crippen molar-refractivity contribution in [2.75, 3.05) is 20.4 Å². The van der Waals surface area contributed by atoms with Crippen molar-refractivity contribution in [3.05, 3.63) is 42.2 Å². The van der Waals surface area contributed by atoms with Crippen molar-refractivity contribution in [2.45, 2.75) is 13.3 Å². The first-order valence-electron chi connectivity index (χ1n) is 7.64. The number of rotatable bonds is 4. The standard InChI is InChI=1S/C18H21N2O2P/c1-5-12-10-19-18-15(12)8-14(11-20-18)13-6-7-16(22-2)17(9-13)23(3,4)21/h6-11H,5H2,1-4H3,(H,19,20). The molecule has 0 spiro atoms. The van der Waals surface area contributed by atoms with Crippen molar-refractivity contribution >= 4 is 23.5 Å². The van der Waals surface area contributed by atoms with E-state index in [9.17, 15) is 4.57 Å². The number of ether oxygens (including phenoxy) is 1. The largest absolute Gasteiger partial charge is 0.496 e. The summed E-state index contributed by atoms with van der Waals surface area (Å²) in [5.74, 6) is 0.673. The fourth-order valence-corrected chi connectivity index (χ4v) is 3.95. The van der Waals surface area contributed by atoms with Gasteiger partial charge in [0.1, 0.15) is 18.5 Å². The summed E-state index contributed by atoms with van der Waals surface area (Å²) in [6.07, 6.45) is 4.81. The van der Waals surface area contributed by atoms with Crippen LogP contribution in [0.15, 0.2) is 36.7 Å². The van der Waals surface area contributed by atoms with E-state index in [1.165, 1.54) is 5.56 Å². The Bertz CT molecular complexity index is 909. The molecule has 2 heterocycles. The smallest absolute Gasteiger partial charge is 0.137 e. The third-order valence-electron chi connectivity index (χ3n) is 4.09. The SMILES string of the molecule is CCc1c[nH]c2ncc(-c3ccc(OC)c(P(C)(C)=O)c3)cc12. The molecule has 120 valence electrons. The van der Waals surface area contributed by atoms with Crippen LogP contribution in [0.25, 0.3) is 22.2 Å². The first-order valence-corrected chi connectivity index (χ1v) is 10.2. The van der Waals surface area contributed by atoms with Crippen LogP contribution in [-0.4, -0.2) is 30.4 Å². The maximum Gasteiger partial charge on any atom is 0.137 e. The van der Waals surface area contributed by atoms with Crippen LogP contribution in [0.4, 0.5) is 0 Å². The van der Waals surface area contributed by atoms with Crippen molar-refractivity contribution in [2.24, 2.45) is 0 Å². The summed E-state index contributed by atoms with van der Waals surface area (Å²) >= 11 is 0. The Labute approximate surface area is 136 Å². The average Bonchev–Trinajstić information content (AvgIpc) is 2.95. The molecular formula is C18H21N2O2P. The van der Waals surface area contributed by atoms with E-state index in [2.05, 4.69) is 23.0 Å². The highest BCUT2D eigenvalue weighted by Gasteiger charge is 2.18. The maximum atomic E-state index is 12.6. The minimum Gasteiger partial charge on any atom is -0.496 e. The predicted octanol–water partition coefficient (Wildman–Crippen LogP) is 4.05. The molecule has 1 N–H and O–H groups in total. The van der Waals surface area contributed by atoms with Gasteiger partial charge >= 0.3 is 0 Å². The van der Waals surface area contributed by atoms with Crippen molar-refractivity contribution in [1.82, 2.24) is 9.97 Å². The van der Waals surface area contributed by atoms with E-state index < -0.39 is 7.14 Å². The van der Waals surface area contributed by atoms with Crippen molar-refractivity contribution in [3.8, 4) is 16.9 Å². The minimum absolute atomic E-state index is 0.673. The number of nitrogens with zero attached hydrogens (tertiary/aromatic N) is 1. The van der Waals surface area contributed by atoms with Crippen LogP contribution in [0.1, 0.15) is 12.5 Å². The molecule has 0 aliphatic rings. The number of nitrogens with one attached hydrogen (secondary N) is 1. The lowest BCUT2D eigenvalue weighted by atomic mass is 10.0. The molecule has 0 unspecified atom stereocenters. The number of methoxy groups -OCH3 is 1. The van der Waals surface area contributed by atoms with Crippen LogP contribution >= 0.6 is 7.14 Å². The van der Waals surface area contributed by atoms with Gasteiger partial charge in [0.15, 0.2) is 0 Å². The molecule has 0 saturated heterocycles. The number of fused-ring (bicyclic) bond motifs is 1. The van der Waals surface area contributed by atoms with Gasteiger partial charge in [0.25, 0.3) is 0 Å². The summed E-state index contributed by atoms with van der Waals surface area (Å²) in [4.78, 5) is 7.70. The zero-order valence-corrected chi connectivity index (χ0v) is 14.8. The Morgan fingerprint density at radius 3 is 2.65 bits per heavy atom. The topological polar surface area (TPSA) is 55.0 Å². The van der Waals surface area contributed by atoms with Gasteiger partial charge in [-0.3, -0.25) is 0 Å². The summed E-state index contributed by atoms with van der Waals surface area (Å²) in [6.45, 7) is 5.65. The summed E-state index contributed by atoms with van der Waals surface area (Å²) < 4.78 is 17.9. The van der Waals surface area contributed by atoms with Gasteiger partial charge in [0.2, 0.25) is 0 Å². The van der Waals surface area contributed by atoms with Crippen LogP contribution in [0.2, 0.25) is 0 Å². The molecule has 3 aromatic rings. The molecular weight excluding hydrogens is 307 g/mol. The number of H-pyrrole nitrogens is 1. The van der Waals surface area contributed by atoms with Gasteiger partial charge in [0, 0.05) is 23.3 Å². The molecule has 0 radical (unpaired) electrons. The van der Waals surface area contributed by atoms with Crippen molar-refractivity contribution < 1.29 is 9.30 Å². The highest BCUT2D eigenvalue weighted by molar-refractivity contribution is 7.70. The number of aromatic amines is 1. The molecule has 2 aromatic heterocycles. The Kier molecular flexibility index (Phi) is 4.03. The number of aromatic nitrogens is 2. The van der Waals surface area contributed by atoms with Crippen LogP contribution < -0.4 is 10.0 Å². The van der Waals surface area contributed by atoms with E-state index in [1.807, 2.05) is 30.6 Å². The normalized spacial score (nSPS) is 11.8. The lowest BCUT2D eigenvalue weighted by molar-refractivity contribution is 0.418. The fourth-order valence-electron chi connectivity index (χ4n) is 2.80. The molecule has 0 aliphatic heterocycles. The van der Waals surface area contributed by atoms with Gasteiger partial charge in [-0.1, -0.05) is 13.0 Å². The second-order valence-electron chi connectivity index (χ2n) is 6.03. The number of benzene rings is 1. The van der Waals surface area contributed by atoms with Gasteiger partial charge in [-0.25, -0.2) is 4.98 Å². The van der Waals surface area contributed by atoms with Crippen molar-refractivity contribution in [1.29, 1.82) is 0 Å². The molecule has 23 heavy (non-hydrogen) atoms. The first-order chi connectivity index (χ1) is 10.9. The van der Waals surface area contributed by atoms with E-state index in [0.717, 1.165) is 33.9 Å². The average molecular weight is 328 g/mol. The molecule has 0 atom stereocenters. The number of hydrogen-bond donors (Lipinski definition) is 1. The van der Waals surface area contributed by atoms with Gasteiger partial charge < -0.3 is 14.3 Å². The first kappa shape index (κ1) is 15.8. The van der Waals surface area contributed by atoms with Gasteiger partial charge in [-0.2, -0.15) is 0 Å². The Morgan fingerprint density at radius 2 is 2.00 bits per heavy atom. The monoisotopic (exact) mass is 328 g/mol. The summed E-state index contributed by atoms with van der Waals surface area (Å²) in [5, 5.41) is 1.90. The van der Waals surface area contributed by atoms with E-state index in [0.29, 0.717) is 5.75 Å². The van der Waals surface area contributed by atoms with Gasteiger partial charge in [-0.15, -0.1) is 0 Å². The van der Waals surface area contributed by atoms with Gasteiger partial charge in [0.05, 0.1) is 12.4 Å². The summed E-state index contributed by atoms with van der Waals surface area (Å²) in [5.41, 5.74) is 4.17. The molecule has 4 nitrogen and oxygen atoms in total. The van der Waals surface area contributed by atoms with Crippen LogP contribution in [0.5, 0.6) is 5.75 Å². The predicted molar refractivity (Wildman–Crippen MR) is 96.5 cm³/mol. The second-order valence-corrected chi connectivity index (χ2v) is 9.21. The summed E-state index contributed by atoms with van der Waals surface area (Å²) in [6, 6.07) is 7.96. The molecule has 0 bridgehead atoms. The molecule has 5 heteroatoms. The molecule has 0 aliphatic carbocycles. The Balaban J connectivity index is 2.16. The molecule has 0 amide bonds. The maximum absolute atomic E-state index is 12.6. The third-order valence-corrected chi connectivity index (χ3v) is 5.60. The minimum atomic E-state index is -2.42. The quantitative estimate of drug-likeness (QED) is 0.735. The fraction of sp³-hybridized carbons (Fsp3) is 0.278. The third kappa shape index (κ3) is 2.91. The molecule has 3 rings (SSSR count). The number of hydrogen-bond acceptors (Lipinski definition) is 3. The van der Waals surface area contributed by atoms with E-state index >= 15 is 0 Å². The van der Waals surface area contributed by atoms with Crippen LogP contribution in [-0.2, 0) is 11.0 Å². The van der Waals surface area contributed by atoms with Gasteiger partial charge in [-0.05, 0) is 49.1 Å². The van der Waals surface area contributed by atoms with E-state index in [-0.39, 0.29) is 0 Å². The molecule has 0 saturated carbocycles. The second kappa shape index (κ2) is 5.86. The Hall–Kier alpha value is -2.06. The highest BCUT2D eigenvalue weighted by atomic mass is 31.2.